The molecule has 0 amide bonds. The number of aryl methyl sites for hydroxylation is 2. The molecule has 2 aromatic rings. The van der Waals surface area contributed by atoms with Crippen molar-refractivity contribution in [2.75, 3.05) is 5.32 Å². The summed E-state index contributed by atoms with van der Waals surface area (Å²) in [6.45, 7) is 5.38. The van der Waals surface area contributed by atoms with E-state index in [2.05, 4.69) is 20.5 Å². The summed E-state index contributed by atoms with van der Waals surface area (Å²) in [6.07, 6.45) is 3.41. The van der Waals surface area contributed by atoms with Crippen LogP contribution in [0.15, 0.2) is 23.8 Å². The molecule has 7 nitrogen and oxygen atoms in total. The third kappa shape index (κ3) is 1.74. The average Bonchev–Trinajstić information content (AvgIpc) is 2.93. The Morgan fingerprint density at radius 2 is 2.15 bits per heavy atom. The second-order valence-corrected chi connectivity index (χ2v) is 4.99. The van der Waals surface area contributed by atoms with Gasteiger partial charge in [0.1, 0.15) is 12.4 Å². The van der Waals surface area contributed by atoms with Crippen LogP contribution >= 0.6 is 0 Å². The molecule has 1 aliphatic rings. The van der Waals surface area contributed by atoms with Gasteiger partial charge < -0.3 is 5.32 Å². The first-order valence-electron chi connectivity index (χ1n) is 6.37. The molecular formula is C13H16N6O. The maximum atomic E-state index is 12.1. The molecule has 0 bridgehead atoms. The first-order valence-corrected chi connectivity index (χ1v) is 6.37. The summed E-state index contributed by atoms with van der Waals surface area (Å²) in [5.74, 6) is 0.658. The van der Waals surface area contributed by atoms with Crippen LogP contribution in [0.3, 0.4) is 0 Å². The number of anilines is 1. The number of carbonyl (C=O) groups excluding carboxylic acids is 1. The Morgan fingerprint density at radius 1 is 1.40 bits per heavy atom. The number of rotatable bonds is 2. The lowest BCUT2D eigenvalue weighted by Crippen LogP contribution is -2.28. The zero-order chi connectivity index (χ0) is 14.4. The minimum Gasteiger partial charge on any atom is -0.328 e. The van der Waals surface area contributed by atoms with Crippen molar-refractivity contribution in [2.24, 2.45) is 7.05 Å². The molecule has 0 radical (unpaired) electrons. The molecule has 0 fully saturated rings. The van der Waals surface area contributed by atoms with E-state index in [1.807, 2.05) is 27.1 Å². The standard InChI is InChI=1S/C13H16N6O/c1-7-10(5-18(4)17-7)12-11(9(3)20)8(2)16-13-14-6-15-19(12)13/h5-6,12H,1-4H3,(H,14,15,16)/t12-/m1/s1. The number of aromatic nitrogens is 5. The van der Waals surface area contributed by atoms with E-state index in [1.54, 1.807) is 16.3 Å². The van der Waals surface area contributed by atoms with Crippen LogP contribution in [-0.2, 0) is 11.8 Å². The Labute approximate surface area is 116 Å². The summed E-state index contributed by atoms with van der Waals surface area (Å²) in [5, 5.41) is 11.7. The average molecular weight is 272 g/mol. The SMILES string of the molecule is CC(=O)C1=C(C)Nc2ncnn2[C@@H]1c1cn(C)nc1C. The largest absolute Gasteiger partial charge is 0.328 e. The quantitative estimate of drug-likeness (QED) is 0.888. The van der Waals surface area contributed by atoms with Gasteiger partial charge in [-0.1, -0.05) is 0 Å². The molecule has 1 atom stereocenters. The lowest BCUT2D eigenvalue weighted by Gasteiger charge is -2.27. The highest BCUT2D eigenvalue weighted by Crippen LogP contribution is 2.35. The second-order valence-electron chi connectivity index (χ2n) is 4.99. The predicted octanol–water partition coefficient (Wildman–Crippen LogP) is 1.20. The van der Waals surface area contributed by atoms with Gasteiger partial charge in [0.15, 0.2) is 5.78 Å². The minimum absolute atomic E-state index is 0.0180. The van der Waals surface area contributed by atoms with Gasteiger partial charge in [-0.3, -0.25) is 9.48 Å². The van der Waals surface area contributed by atoms with Crippen molar-refractivity contribution in [3.63, 3.8) is 0 Å². The van der Waals surface area contributed by atoms with E-state index in [4.69, 9.17) is 0 Å². The molecule has 104 valence electrons. The Morgan fingerprint density at radius 3 is 2.75 bits per heavy atom. The molecule has 1 aliphatic heterocycles. The molecule has 0 aliphatic carbocycles. The normalized spacial score (nSPS) is 17.9. The van der Waals surface area contributed by atoms with Gasteiger partial charge in [-0.2, -0.15) is 15.2 Å². The van der Waals surface area contributed by atoms with E-state index in [-0.39, 0.29) is 11.8 Å². The Hall–Kier alpha value is -2.44. The molecule has 3 heterocycles. The summed E-state index contributed by atoms with van der Waals surface area (Å²) in [5.41, 5.74) is 3.35. The highest BCUT2D eigenvalue weighted by Gasteiger charge is 2.33. The van der Waals surface area contributed by atoms with Crippen molar-refractivity contribution >= 4 is 11.7 Å². The maximum Gasteiger partial charge on any atom is 0.226 e. The minimum atomic E-state index is -0.278. The monoisotopic (exact) mass is 272 g/mol. The van der Waals surface area contributed by atoms with Crippen LogP contribution in [0.2, 0.25) is 0 Å². The Bertz CT molecular complexity index is 723. The third-order valence-electron chi connectivity index (χ3n) is 3.52. The number of hydrogen-bond acceptors (Lipinski definition) is 5. The number of ketones is 1. The van der Waals surface area contributed by atoms with Gasteiger partial charge in [0.25, 0.3) is 0 Å². The topological polar surface area (TPSA) is 77.6 Å². The number of hydrogen-bond donors (Lipinski definition) is 1. The van der Waals surface area contributed by atoms with E-state index in [1.165, 1.54) is 6.33 Å². The van der Waals surface area contributed by atoms with E-state index in [0.717, 1.165) is 17.0 Å². The summed E-state index contributed by atoms with van der Waals surface area (Å²) < 4.78 is 3.48. The Balaban J connectivity index is 2.25. The number of Topliss-reactive ketones (excluding diaryl/α,β-unsaturated/α-hetero) is 1. The van der Waals surface area contributed by atoms with E-state index in [9.17, 15) is 4.79 Å². The Kier molecular flexibility index (Phi) is 2.70. The van der Waals surface area contributed by atoms with Crippen LogP contribution in [0, 0.1) is 6.92 Å². The van der Waals surface area contributed by atoms with Crippen molar-refractivity contribution in [1.82, 2.24) is 24.5 Å². The number of nitrogens with one attached hydrogen (secondary N) is 1. The van der Waals surface area contributed by atoms with Crippen molar-refractivity contribution in [2.45, 2.75) is 26.8 Å². The van der Waals surface area contributed by atoms with E-state index in [0.29, 0.717) is 11.5 Å². The van der Waals surface area contributed by atoms with Crippen LogP contribution in [0.1, 0.15) is 31.1 Å². The molecule has 1 N–H and O–H groups in total. The smallest absolute Gasteiger partial charge is 0.226 e. The fourth-order valence-electron chi connectivity index (χ4n) is 2.72. The van der Waals surface area contributed by atoms with Crippen LogP contribution in [0.5, 0.6) is 0 Å². The molecule has 20 heavy (non-hydrogen) atoms. The molecule has 0 unspecified atom stereocenters. The molecule has 3 rings (SSSR count). The van der Waals surface area contributed by atoms with Gasteiger partial charge in [-0.25, -0.2) is 4.68 Å². The molecule has 0 saturated carbocycles. The molecule has 2 aromatic heterocycles. The fraction of sp³-hybridized carbons (Fsp3) is 0.385. The van der Waals surface area contributed by atoms with E-state index >= 15 is 0 Å². The number of allylic oxidation sites excluding steroid dienone is 2. The van der Waals surface area contributed by atoms with Gasteiger partial charge in [0, 0.05) is 30.1 Å². The van der Waals surface area contributed by atoms with Crippen LogP contribution in [0.25, 0.3) is 0 Å². The van der Waals surface area contributed by atoms with Crippen molar-refractivity contribution in [3.8, 4) is 0 Å². The first kappa shape index (κ1) is 12.6. The fourth-order valence-corrected chi connectivity index (χ4v) is 2.72. The maximum absolute atomic E-state index is 12.1. The zero-order valence-corrected chi connectivity index (χ0v) is 11.9. The molecule has 0 saturated heterocycles. The lowest BCUT2D eigenvalue weighted by molar-refractivity contribution is -0.114. The van der Waals surface area contributed by atoms with Gasteiger partial charge in [-0.05, 0) is 20.8 Å². The van der Waals surface area contributed by atoms with Crippen molar-refractivity contribution < 1.29 is 4.79 Å². The van der Waals surface area contributed by atoms with Gasteiger partial charge >= 0.3 is 0 Å². The predicted molar refractivity (Wildman–Crippen MR) is 73.1 cm³/mol. The summed E-state index contributed by atoms with van der Waals surface area (Å²) >= 11 is 0. The zero-order valence-electron chi connectivity index (χ0n) is 11.9. The van der Waals surface area contributed by atoms with Crippen molar-refractivity contribution in [1.29, 1.82) is 0 Å². The van der Waals surface area contributed by atoms with Gasteiger partial charge in [0.2, 0.25) is 5.95 Å². The van der Waals surface area contributed by atoms with Crippen LogP contribution < -0.4 is 5.32 Å². The van der Waals surface area contributed by atoms with Crippen molar-refractivity contribution in [3.05, 3.63) is 35.1 Å². The van der Waals surface area contributed by atoms with Crippen LogP contribution in [0.4, 0.5) is 5.95 Å². The number of fused-ring (bicyclic) bond motifs is 1. The number of nitrogens with zero attached hydrogens (tertiary/aromatic N) is 5. The molecular weight excluding hydrogens is 256 g/mol. The summed E-state index contributed by atoms with van der Waals surface area (Å²) in [6, 6.07) is -0.278. The highest BCUT2D eigenvalue weighted by molar-refractivity contribution is 5.96. The highest BCUT2D eigenvalue weighted by atomic mass is 16.1. The van der Waals surface area contributed by atoms with Gasteiger partial charge in [0.05, 0.1) is 5.69 Å². The molecule has 7 heteroatoms. The number of carbonyl (C=O) groups is 1. The summed E-state index contributed by atoms with van der Waals surface area (Å²) in [4.78, 5) is 16.2. The third-order valence-corrected chi connectivity index (χ3v) is 3.52. The van der Waals surface area contributed by atoms with E-state index < -0.39 is 0 Å². The van der Waals surface area contributed by atoms with Crippen LogP contribution in [-0.4, -0.2) is 30.3 Å². The molecule has 0 aromatic carbocycles. The second kappa shape index (κ2) is 4.29. The van der Waals surface area contributed by atoms with Gasteiger partial charge in [-0.15, -0.1) is 0 Å². The lowest BCUT2D eigenvalue weighted by atomic mass is 9.94. The summed E-state index contributed by atoms with van der Waals surface area (Å²) in [7, 11) is 1.86. The molecule has 0 spiro atoms. The first-order chi connectivity index (χ1) is 9.49.